The minimum Gasteiger partial charge on any atom is -0.384 e. The van der Waals surface area contributed by atoms with Gasteiger partial charge in [-0.15, -0.1) is 0 Å². The first-order valence-corrected chi connectivity index (χ1v) is 6.46. The lowest BCUT2D eigenvalue weighted by Crippen LogP contribution is -2.43. The van der Waals surface area contributed by atoms with E-state index in [0.717, 1.165) is 24.9 Å². The third kappa shape index (κ3) is 2.70. The van der Waals surface area contributed by atoms with Gasteiger partial charge in [0.2, 0.25) is 0 Å². The Balaban J connectivity index is 2.23. The second-order valence-corrected chi connectivity index (χ2v) is 6.14. The molecule has 2 N–H and O–H groups in total. The van der Waals surface area contributed by atoms with Crippen LogP contribution in [0.2, 0.25) is 0 Å². The van der Waals surface area contributed by atoms with E-state index in [9.17, 15) is 5.11 Å². The molecule has 94 valence electrons. The fourth-order valence-electron chi connectivity index (χ4n) is 2.42. The first kappa shape index (κ1) is 12.6. The molecule has 2 rings (SSSR count). The van der Waals surface area contributed by atoms with Gasteiger partial charge in [-0.1, -0.05) is 45.0 Å². The molecule has 1 aliphatic rings. The second kappa shape index (κ2) is 4.43. The van der Waals surface area contributed by atoms with Crippen molar-refractivity contribution in [1.29, 1.82) is 0 Å². The molecule has 1 heterocycles. The SMILES string of the molecule is CC(C)(C)c1ccc(C2(O)CCCNC2)cc1. The molecule has 1 aliphatic heterocycles. The minimum absolute atomic E-state index is 0.173. The topological polar surface area (TPSA) is 32.3 Å². The Hall–Kier alpha value is -0.860. The van der Waals surface area contributed by atoms with Gasteiger partial charge < -0.3 is 10.4 Å². The highest BCUT2D eigenvalue weighted by Gasteiger charge is 2.31. The molecule has 2 heteroatoms. The molecule has 0 spiro atoms. The maximum atomic E-state index is 10.6. The Kier molecular flexibility index (Phi) is 3.28. The van der Waals surface area contributed by atoms with Gasteiger partial charge in [0.15, 0.2) is 0 Å². The number of piperidine rings is 1. The van der Waals surface area contributed by atoms with Gasteiger partial charge in [0.1, 0.15) is 5.60 Å². The number of hydrogen-bond acceptors (Lipinski definition) is 2. The molecular weight excluding hydrogens is 210 g/mol. The van der Waals surface area contributed by atoms with Crippen LogP contribution in [0.25, 0.3) is 0 Å². The van der Waals surface area contributed by atoms with Crippen molar-refractivity contribution in [2.75, 3.05) is 13.1 Å². The summed E-state index contributed by atoms with van der Waals surface area (Å²) >= 11 is 0. The van der Waals surface area contributed by atoms with Crippen molar-refractivity contribution in [3.05, 3.63) is 35.4 Å². The zero-order chi connectivity index (χ0) is 12.5. The molecule has 0 aliphatic carbocycles. The molecule has 0 radical (unpaired) electrons. The van der Waals surface area contributed by atoms with Crippen LogP contribution in [-0.4, -0.2) is 18.2 Å². The van der Waals surface area contributed by atoms with Crippen LogP contribution in [-0.2, 0) is 11.0 Å². The summed E-state index contributed by atoms with van der Waals surface area (Å²) in [5.41, 5.74) is 1.85. The van der Waals surface area contributed by atoms with Crippen molar-refractivity contribution in [3.63, 3.8) is 0 Å². The highest BCUT2D eigenvalue weighted by Crippen LogP contribution is 2.30. The van der Waals surface area contributed by atoms with E-state index >= 15 is 0 Å². The van der Waals surface area contributed by atoms with Crippen molar-refractivity contribution in [2.45, 2.75) is 44.6 Å². The lowest BCUT2D eigenvalue weighted by atomic mass is 9.82. The zero-order valence-corrected chi connectivity index (χ0v) is 11.1. The molecule has 1 atom stereocenters. The highest BCUT2D eigenvalue weighted by molar-refractivity contribution is 5.31. The van der Waals surface area contributed by atoms with Gasteiger partial charge >= 0.3 is 0 Å². The summed E-state index contributed by atoms with van der Waals surface area (Å²) in [6.07, 6.45) is 1.90. The van der Waals surface area contributed by atoms with Crippen LogP contribution in [0.1, 0.15) is 44.7 Å². The Bertz CT molecular complexity index is 369. The van der Waals surface area contributed by atoms with E-state index in [4.69, 9.17) is 0 Å². The van der Waals surface area contributed by atoms with Crippen molar-refractivity contribution in [3.8, 4) is 0 Å². The lowest BCUT2D eigenvalue weighted by Gasteiger charge is -2.33. The van der Waals surface area contributed by atoms with Crippen molar-refractivity contribution >= 4 is 0 Å². The minimum atomic E-state index is -0.672. The Morgan fingerprint density at radius 2 is 1.82 bits per heavy atom. The van der Waals surface area contributed by atoms with Gasteiger partial charge in [-0.25, -0.2) is 0 Å². The van der Waals surface area contributed by atoms with E-state index < -0.39 is 5.60 Å². The van der Waals surface area contributed by atoms with Crippen LogP contribution >= 0.6 is 0 Å². The van der Waals surface area contributed by atoms with Crippen LogP contribution in [0.5, 0.6) is 0 Å². The van der Waals surface area contributed by atoms with E-state index in [2.05, 4.69) is 50.4 Å². The predicted octanol–water partition coefficient (Wildman–Crippen LogP) is 2.56. The molecule has 0 bridgehead atoms. The van der Waals surface area contributed by atoms with Crippen LogP contribution in [0.15, 0.2) is 24.3 Å². The quantitative estimate of drug-likeness (QED) is 0.781. The van der Waals surface area contributed by atoms with Crippen LogP contribution < -0.4 is 5.32 Å². The number of β-amino-alcohol motifs (C(OH)–C–C–N with tert-alkyl or cyclic N) is 1. The summed E-state index contributed by atoms with van der Waals surface area (Å²) in [4.78, 5) is 0. The number of nitrogens with one attached hydrogen (secondary N) is 1. The summed E-state index contributed by atoms with van der Waals surface area (Å²) in [6, 6.07) is 8.44. The molecule has 0 saturated carbocycles. The lowest BCUT2D eigenvalue weighted by molar-refractivity contribution is 0.0123. The van der Waals surface area contributed by atoms with E-state index in [-0.39, 0.29) is 5.41 Å². The summed E-state index contributed by atoms with van der Waals surface area (Å²) in [5.74, 6) is 0. The standard InChI is InChI=1S/C15H23NO/c1-14(2,3)12-5-7-13(8-6-12)15(17)9-4-10-16-11-15/h5-8,16-17H,4,9-11H2,1-3H3. The van der Waals surface area contributed by atoms with Crippen molar-refractivity contribution in [1.82, 2.24) is 5.32 Å². The zero-order valence-electron chi connectivity index (χ0n) is 11.1. The summed E-state index contributed by atoms with van der Waals surface area (Å²) in [6.45, 7) is 8.31. The molecule has 1 aromatic carbocycles. The highest BCUT2D eigenvalue weighted by atomic mass is 16.3. The fraction of sp³-hybridized carbons (Fsp3) is 0.600. The third-order valence-corrected chi connectivity index (χ3v) is 3.65. The largest absolute Gasteiger partial charge is 0.384 e. The Morgan fingerprint density at radius 3 is 2.29 bits per heavy atom. The molecular formula is C15H23NO. The molecule has 0 amide bonds. The van der Waals surface area contributed by atoms with Gasteiger partial charge in [-0.2, -0.15) is 0 Å². The van der Waals surface area contributed by atoms with E-state index in [1.54, 1.807) is 0 Å². The second-order valence-electron chi connectivity index (χ2n) is 6.14. The van der Waals surface area contributed by atoms with E-state index in [1.165, 1.54) is 5.56 Å². The van der Waals surface area contributed by atoms with Crippen molar-refractivity contribution < 1.29 is 5.11 Å². The molecule has 2 nitrogen and oxygen atoms in total. The van der Waals surface area contributed by atoms with Gasteiger partial charge in [0.25, 0.3) is 0 Å². The van der Waals surface area contributed by atoms with Crippen molar-refractivity contribution in [2.24, 2.45) is 0 Å². The Labute approximate surface area is 104 Å². The smallest absolute Gasteiger partial charge is 0.102 e. The van der Waals surface area contributed by atoms with Gasteiger partial charge in [0.05, 0.1) is 0 Å². The predicted molar refractivity (Wildman–Crippen MR) is 71.1 cm³/mol. The van der Waals surface area contributed by atoms with Gasteiger partial charge in [0, 0.05) is 6.54 Å². The number of aliphatic hydroxyl groups is 1. The average Bonchev–Trinajstić information content (AvgIpc) is 2.29. The van der Waals surface area contributed by atoms with E-state index in [1.807, 2.05) is 0 Å². The van der Waals surface area contributed by atoms with Gasteiger partial charge in [-0.3, -0.25) is 0 Å². The molecule has 0 aromatic heterocycles. The molecule has 1 saturated heterocycles. The number of rotatable bonds is 1. The Morgan fingerprint density at radius 1 is 1.18 bits per heavy atom. The fourth-order valence-corrected chi connectivity index (χ4v) is 2.42. The van der Waals surface area contributed by atoms with Crippen LogP contribution in [0, 0.1) is 0 Å². The van der Waals surface area contributed by atoms with E-state index in [0.29, 0.717) is 6.54 Å². The first-order valence-electron chi connectivity index (χ1n) is 6.46. The number of hydrogen-bond donors (Lipinski definition) is 2. The monoisotopic (exact) mass is 233 g/mol. The van der Waals surface area contributed by atoms with Crippen LogP contribution in [0.3, 0.4) is 0 Å². The van der Waals surface area contributed by atoms with Crippen LogP contribution in [0.4, 0.5) is 0 Å². The first-order chi connectivity index (χ1) is 7.92. The van der Waals surface area contributed by atoms with Gasteiger partial charge in [-0.05, 0) is 35.9 Å². The molecule has 17 heavy (non-hydrogen) atoms. The summed E-state index contributed by atoms with van der Waals surface area (Å²) < 4.78 is 0. The maximum Gasteiger partial charge on any atom is 0.102 e. The third-order valence-electron chi connectivity index (χ3n) is 3.65. The summed E-state index contributed by atoms with van der Waals surface area (Å²) in [7, 11) is 0. The molecule has 1 unspecified atom stereocenters. The molecule has 1 aromatic rings. The summed E-state index contributed by atoms with van der Waals surface area (Å²) in [5, 5.41) is 13.8. The average molecular weight is 233 g/mol. The molecule has 1 fully saturated rings. The normalized spacial score (nSPS) is 25.9. The number of benzene rings is 1. The maximum absolute atomic E-state index is 10.6.